The molecule has 1 aromatic carbocycles. The molecule has 0 aliphatic heterocycles. The van der Waals surface area contributed by atoms with Crippen LogP contribution in [0, 0.1) is 0 Å². The Kier molecular flexibility index (Phi) is 6.27. The topological polar surface area (TPSA) is 15.3 Å². The Balaban J connectivity index is 2.03. The molecule has 1 N–H and O–H groups in total. The molecule has 0 aliphatic rings. The maximum atomic E-state index is 3.52. The molecule has 1 unspecified atom stereocenters. The fraction of sp³-hybridized carbons (Fsp3) is 0.412. The van der Waals surface area contributed by atoms with E-state index in [1.54, 1.807) is 11.3 Å². The van der Waals surface area contributed by atoms with Crippen molar-refractivity contribution in [3.05, 3.63) is 50.6 Å². The van der Waals surface area contributed by atoms with Crippen molar-refractivity contribution >= 4 is 33.0 Å². The predicted octanol–water partition coefficient (Wildman–Crippen LogP) is 5.21. The molecule has 4 heteroatoms. The highest BCUT2D eigenvalue weighted by Crippen LogP contribution is 2.25. The zero-order valence-corrected chi connectivity index (χ0v) is 15.3. The van der Waals surface area contributed by atoms with Crippen LogP contribution in [0.4, 0.5) is 5.69 Å². The van der Waals surface area contributed by atoms with E-state index in [9.17, 15) is 0 Å². The van der Waals surface area contributed by atoms with Crippen LogP contribution in [0.2, 0.25) is 0 Å². The summed E-state index contributed by atoms with van der Waals surface area (Å²) in [4.78, 5) is 2.28. The minimum Gasteiger partial charge on any atom is -0.370 e. The zero-order chi connectivity index (χ0) is 15.2. The number of nitrogens with zero attached hydrogens (tertiary/aromatic N) is 1. The standard InChI is InChI=1S/C17H23BrN2S/c1-4-16(19-5-2)14-6-8-15(9-7-14)20(3)11-13-10-17(18)21-12-13/h6-10,12,16,19H,4-5,11H2,1-3H3. The number of rotatable bonds is 7. The molecular weight excluding hydrogens is 344 g/mol. The van der Waals surface area contributed by atoms with Crippen molar-refractivity contribution in [3.8, 4) is 0 Å². The molecule has 0 amide bonds. The van der Waals surface area contributed by atoms with Crippen LogP contribution in [-0.2, 0) is 6.54 Å². The van der Waals surface area contributed by atoms with Gasteiger partial charge in [-0.05, 0) is 63.6 Å². The van der Waals surface area contributed by atoms with Crippen LogP contribution in [0.1, 0.15) is 37.4 Å². The maximum Gasteiger partial charge on any atom is 0.0701 e. The van der Waals surface area contributed by atoms with Gasteiger partial charge in [-0.1, -0.05) is 26.0 Å². The zero-order valence-electron chi connectivity index (χ0n) is 12.9. The van der Waals surface area contributed by atoms with Crippen molar-refractivity contribution in [1.82, 2.24) is 5.32 Å². The van der Waals surface area contributed by atoms with E-state index in [0.29, 0.717) is 6.04 Å². The van der Waals surface area contributed by atoms with Gasteiger partial charge in [-0.15, -0.1) is 11.3 Å². The van der Waals surface area contributed by atoms with Gasteiger partial charge in [0.1, 0.15) is 0 Å². The van der Waals surface area contributed by atoms with Gasteiger partial charge in [0, 0.05) is 25.3 Å². The van der Waals surface area contributed by atoms with E-state index in [4.69, 9.17) is 0 Å². The Bertz CT molecular complexity index is 550. The van der Waals surface area contributed by atoms with Crippen molar-refractivity contribution < 1.29 is 0 Å². The highest BCUT2D eigenvalue weighted by Gasteiger charge is 2.09. The smallest absolute Gasteiger partial charge is 0.0701 e. The predicted molar refractivity (Wildman–Crippen MR) is 97.3 cm³/mol. The second kappa shape index (κ2) is 7.97. The number of nitrogens with one attached hydrogen (secondary N) is 1. The monoisotopic (exact) mass is 366 g/mol. The van der Waals surface area contributed by atoms with E-state index in [1.165, 1.54) is 20.6 Å². The quantitative estimate of drug-likeness (QED) is 0.723. The van der Waals surface area contributed by atoms with Gasteiger partial charge in [0.15, 0.2) is 0 Å². The normalized spacial score (nSPS) is 12.4. The van der Waals surface area contributed by atoms with E-state index < -0.39 is 0 Å². The average molecular weight is 367 g/mol. The third-order valence-electron chi connectivity index (χ3n) is 3.64. The number of halogens is 1. The lowest BCUT2D eigenvalue weighted by molar-refractivity contribution is 0.537. The Morgan fingerprint density at radius 3 is 2.48 bits per heavy atom. The van der Waals surface area contributed by atoms with Crippen LogP contribution < -0.4 is 10.2 Å². The lowest BCUT2D eigenvalue weighted by atomic mass is 10.0. The first kappa shape index (κ1) is 16.5. The van der Waals surface area contributed by atoms with Crippen LogP contribution in [-0.4, -0.2) is 13.6 Å². The molecule has 1 atom stereocenters. The minimum atomic E-state index is 0.460. The highest BCUT2D eigenvalue weighted by atomic mass is 79.9. The van der Waals surface area contributed by atoms with Crippen LogP contribution in [0.25, 0.3) is 0 Å². The number of hydrogen-bond donors (Lipinski definition) is 1. The molecule has 1 heterocycles. The molecular formula is C17H23BrN2S. The number of anilines is 1. The molecule has 0 radical (unpaired) electrons. The summed E-state index contributed by atoms with van der Waals surface area (Å²) in [5.74, 6) is 0. The van der Waals surface area contributed by atoms with Crippen LogP contribution in [0.5, 0.6) is 0 Å². The average Bonchev–Trinajstić information content (AvgIpc) is 2.90. The molecule has 21 heavy (non-hydrogen) atoms. The molecule has 114 valence electrons. The van der Waals surface area contributed by atoms with Gasteiger partial charge in [-0.3, -0.25) is 0 Å². The number of hydrogen-bond acceptors (Lipinski definition) is 3. The molecule has 1 aromatic heterocycles. The van der Waals surface area contributed by atoms with Crippen LogP contribution in [0.15, 0.2) is 39.5 Å². The van der Waals surface area contributed by atoms with Gasteiger partial charge >= 0.3 is 0 Å². The molecule has 2 aromatic rings. The van der Waals surface area contributed by atoms with Crippen molar-refractivity contribution in [2.45, 2.75) is 32.9 Å². The fourth-order valence-corrected chi connectivity index (χ4v) is 3.70. The van der Waals surface area contributed by atoms with Gasteiger partial charge in [0.05, 0.1) is 3.79 Å². The minimum absolute atomic E-state index is 0.460. The molecule has 0 saturated heterocycles. The van der Waals surface area contributed by atoms with Crippen LogP contribution in [0.3, 0.4) is 0 Å². The summed E-state index contributed by atoms with van der Waals surface area (Å²) in [5, 5.41) is 5.72. The molecule has 0 bridgehead atoms. The third kappa shape index (κ3) is 4.56. The van der Waals surface area contributed by atoms with E-state index in [2.05, 4.69) is 82.8 Å². The van der Waals surface area contributed by atoms with Gasteiger partial charge < -0.3 is 10.2 Å². The molecule has 2 rings (SSSR count). The van der Waals surface area contributed by atoms with Crippen molar-refractivity contribution in [1.29, 1.82) is 0 Å². The maximum absolute atomic E-state index is 3.52. The van der Waals surface area contributed by atoms with Gasteiger partial charge in [0.25, 0.3) is 0 Å². The second-order valence-corrected chi connectivity index (χ2v) is 7.52. The largest absolute Gasteiger partial charge is 0.370 e. The molecule has 0 saturated carbocycles. The van der Waals surface area contributed by atoms with Gasteiger partial charge in [0.2, 0.25) is 0 Å². The summed E-state index contributed by atoms with van der Waals surface area (Å²) in [6, 6.07) is 11.6. The highest BCUT2D eigenvalue weighted by molar-refractivity contribution is 9.11. The summed E-state index contributed by atoms with van der Waals surface area (Å²) in [6.07, 6.45) is 1.12. The lowest BCUT2D eigenvalue weighted by Crippen LogP contribution is -2.20. The van der Waals surface area contributed by atoms with Crippen molar-refractivity contribution in [3.63, 3.8) is 0 Å². The fourth-order valence-electron chi connectivity index (χ4n) is 2.50. The first-order valence-electron chi connectivity index (χ1n) is 7.41. The summed E-state index contributed by atoms with van der Waals surface area (Å²) >= 11 is 5.26. The van der Waals surface area contributed by atoms with E-state index >= 15 is 0 Å². The van der Waals surface area contributed by atoms with Crippen molar-refractivity contribution in [2.24, 2.45) is 0 Å². The Morgan fingerprint density at radius 2 is 1.95 bits per heavy atom. The first-order valence-corrected chi connectivity index (χ1v) is 9.08. The molecule has 2 nitrogen and oxygen atoms in total. The number of benzene rings is 1. The Morgan fingerprint density at radius 1 is 1.24 bits per heavy atom. The summed E-state index contributed by atoms with van der Waals surface area (Å²) in [6.45, 7) is 6.32. The summed E-state index contributed by atoms with van der Waals surface area (Å²) in [7, 11) is 2.14. The second-order valence-electron chi connectivity index (χ2n) is 5.23. The molecule has 0 fully saturated rings. The SMILES string of the molecule is CCNC(CC)c1ccc(N(C)Cc2csc(Br)c2)cc1. The van der Waals surface area contributed by atoms with Gasteiger partial charge in [-0.25, -0.2) is 0 Å². The van der Waals surface area contributed by atoms with E-state index in [-0.39, 0.29) is 0 Å². The molecule has 0 spiro atoms. The van der Waals surface area contributed by atoms with Gasteiger partial charge in [-0.2, -0.15) is 0 Å². The molecule has 0 aliphatic carbocycles. The van der Waals surface area contributed by atoms with E-state index in [1.807, 2.05) is 0 Å². The number of thiophene rings is 1. The summed E-state index contributed by atoms with van der Waals surface area (Å²) < 4.78 is 1.19. The lowest BCUT2D eigenvalue weighted by Gasteiger charge is -2.21. The van der Waals surface area contributed by atoms with Crippen molar-refractivity contribution in [2.75, 3.05) is 18.5 Å². The Labute approximate surface area is 140 Å². The Hall–Kier alpha value is -0.840. The summed E-state index contributed by atoms with van der Waals surface area (Å²) in [5.41, 5.74) is 3.97. The van der Waals surface area contributed by atoms with Crippen LogP contribution >= 0.6 is 27.3 Å². The van der Waals surface area contributed by atoms with E-state index in [0.717, 1.165) is 19.5 Å². The third-order valence-corrected chi connectivity index (χ3v) is 5.19. The first-order chi connectivity index (χ1) is 10.1.